The second-order valence-corrected chi connectivity index (χ2v) is 3.17. The minimum atomic E-state index is -0.965. The van der Waals surface area contributed by atoms with Gasteiger partial charge in [0.25, 0.3) is 0 Å². The molecule has 0 radical (unpaired) electrons. The number of aromatic nitrogens is 1. The number of nitrogens with zero attached hydrogens (tertiary/aromatic N) is 1. The first-order chi connectivity index (χ1) is 6.65. The molecule has 0 aliphatic rings. The van der Waals surface area contributed by atoms with E-state index in [9.17, 15) is 4.79 Å². The summed E-state index contributed by atoms with van der Waals surface area (Å²) in [6.45, 7) is 2.05. The van der Waals surface area contributed by atoms with E-state index in [-0.39, 0.29) is 11.6 Å². The SMILES string of the molecule is CCCC(N)c1ccc(C(=O)O)cn1. The summed E-state index contributed by atoms with van der Waals surface area (Å²) < 4.78 is 0. The summed E-state index contributed by atoms with van der Waals surface area (Å²) in [5.41, 5.74) is 6.76. The molecule has 0 saturated heterocycles. The Morgan fingerprint density at radius 2 is 2.36 bits per heavy atom. The number of nitrogens with two attached hydrogens (primary N) is 1. The monoisotopic (exact) mass is 194 g/mol. The van der Waals surface area contributed by atoms with Gasteiger partial charge < -0.3 is 10.8 Å². The molecule has 3 N–H and O–H groups in total. The largest absolute Gasteiger partial charge is 0.478 e. The fraction of sp³-hybridized carbons (Fsp3) is 0.400. The highest BCUT2D eigenvalue weighted by Crippen LogP contribution is 2.13. The number of pyridine rings is 1. The van der Waals surface area contributed by atoms with Crippen molar-refractivity contribution in [3.63, 3.8) is 0 Å². The molecule has 4 nitrogen and oxygen atoms in total. The molecular formula is C10H14N2O2. The van der Waals surface area contributed by atoms with Gasteiger partial charge in [-0.25, -0.2) is 4.79 Å². The van der Waals surface area contributed by atoms with E-state index < -0.39 is 5.97 Å². The van der Waals surface area contributed by atoms with Crippen molar-refractivity contribution in [1.82, 2.24) is 4.98 Å². The van der Waals surface area contributed by atoms with Crippen LogP contribution in [-0.2, 0) is 0 Å². The van der Waals surface area contributed by atoms with Crippen LogP contribution in [0.5, 0.6) is 0 Å². The quantitative estimate of drug-likeness (QED) is 0.762. The van der Waals surface area contributed by atoms with Gasteiger partial charge in [0.1, 0.15) is 0 Å². The van der Waals surface area contributed by atoms with Crippen LogP contribution in [0.25, 0.3) is 0 Å². The number of hydrogen-bond acceptors (Lipinski definition) is 3. The maximum atomic E-state index is 10.5. The predicted molar refractivity (Wildman–Crippen MR) is 53.0 cm³/mol. The zero-order valence-electron chi connectivity index (χ0n) is 8.10. The number of carbonyl (C=O) groups is 1. The van der Waals surface area contributed by atoms with E-state index in [2.05, 4.69) is 4.98 Å². The molecule has 1 heterocycles. The van der Waals surface area contributed by atoms with Gasteiger partial charge in [-0.1, -0.05) is 13.3 Å². The van der Waals surface area contributed by atoms with Crippen LogP contribution in [0.15, 0.2) is 18.3 Å². The first-order valence-corrected chi connectivity index (χ1v) is 4.60. The lowest BCUT2D eigenvalue weighted by Gasteiger charge is -2.08. The molecule has 1 unspecified atom stereocenters. The summed E-state index contributed by atoms with van der Waals surface area (Å²) in [7, 11) is 0. The highest BCUT2D eigenvalue weighted by Gasteiger charge is 2.07. The Kier molecular flexibility index (Phi) is 3.59. The Morgan fingerprint density at radius 3 is 2.79 bits per heavy atom. The average Bonchev–Trinajstić information content (AvgIpc) is 2.18. The molecule has 0 saturated carbocycles. The zero-order chi connectivity index (χ0) is 10.6. The Morgan fingerprint density at radius 1 is 1.64 bits per heavy atom. The van der Waals surface area contributed by atoms with Gasteiger partial charge in [-0.2, -0.15) is 0 Å². The first kappa shape index (κ1) is 10.7. The van der Waals surface area contributed by atoms with Crippen molar-refractivity contribution < 1.29 is 9.90 Å². The molecule has 1 atom stereocenters. The Bertz CT molecular complexity index is 308. The van der Waals surface area contributed by atoms with Crippen molar-refractivity contribution in [2.45, 2.75) is 25.8 Å². The van der Waals surface area contributed by atoms with Gasteiger partial charge in [0, 0.05) is 12.2 Å². The summed E-state index contributed by atoms with van der Waals surface area (Å²) in [5, 5.41) is 8.65. The molecule has 1 aromatic rings. The number of rotatable bonds is 4. The van der Waals surface area contributed by atoms with Crippen LogP contribution in [-0.4, -0.2) is 16.1 Å². The van der Waals surface area contributed by atoms with E-state index in [0.29, 0.717) is 0 Å². The second-order valence-electron chi connectivity index (χ2n) is 3.17. The number of carboxylic acids is 1. The fourth-order valence-electron chi connectivity index (χ4n) is 1.21. The normalized spacial score (nSPS) is 12.4. The van der Waals surface area contributed by atoms with Crippen molar-refractivity contribution in [2.24, 2.45) is 5.73 Å². The molecule has 0 fully saturated rings. The third kappa shape index (κ3) is 2.53. The molecule has 0 aromatic carbocycles. The van der Waals surface area contributed by atoms with Crippen LogP contribution in [0.1, 0.15) is 41.9 Å². The fourth-order valence-corrected chi connectivity index (χ4v) is 1.21. The van der Waals surface area contributed by atoms with Crippen LogP contribution in [0, 0.1) is 0 Å². The van der Waals surface area contributed by atoms with Gasteiger partial charge in [-0.05, 0) is 18.6 Å². The van der Waals surface area contributed by atoms with E-state index in [0.717, 1.165) is 18.5 Å². The Labute approximate surface area is 82.8 Å². The molecule has 0 spiro atoms. The zero-order valence-corrected chi connectivity index (χ0v) is 8.10. The third-order valence-electron chi connectivity index (χ3n) is 2.01. The van der Waals surface area contributed by atoms with Crippen LogP contribution in [0.3, 0.4) is 0 Å². The lowest BCUT2D eigenvalue weighted by atomic mass is 10.1. The van der Waals surface area contributed by atoms with Crippen LogP contribution < -0.4 is 5.73 Å². The van der Waals surface area contributed by atoms with E-state index in [1.807, 2.05) is 6.92 Å². The van der Waals surface area contributed by atoms with Gasteiger partial charge in [-0.3, -0.25) is 4.98 Å². The van der Waals surface area contributed by atoms with Gasteiger partial charge in [0.05, 0.1) is 11.3 Å². The predicted octanol–water partition coefficient (Wildman–Crippen LogP) is 1.58. The van der Waals surface area contributed by atoms with Crippen molar-refractivity contribution in [3.05, 3.63) is 29.6 Å². The van der Waals surface area contributed by atoms with Crippen molar-refractivity contribution in [3.8, 4) is 0 Å². The van der Waals surface area contributed by atoms with E-state index >= 15 is 0 Å². The minimum absolute atomic E-state index is 0.0946. The summed E-state index contributed by atoms with van der Waals surface area (Å²) in [5.74, 6) is -0.965. The van der Waals surface area contributed by atoms with Crippen LogP contribution in [0.2, 0.25) is 0 Å². The number of carboxylic acid groups (broad SMARTS) is 1. The summed E-state index contributed by atoms with van der Waals surface area (Å²) >= 11 is 0. The minimum Gasteiger partial charge on any atom is -0.478 e. The standard InChI is InChI=1S/C10H14N2O2/c1-2-3-8(11)9-5-4-7(6-12-9)10(13)14/h4-6,8H,2-3,11H2,1H3,(H,13,14). The van der Waals surface area contributed by atoms with Gasteiger partial charge in [0.15, 0.2) is 0 Å². The molecule has 0 amide bonds. The van der Waals surface area contributed by atoms with Crippen molar-refractivity contribution >= 4 is 5.97 Å². The maximum absolute atomic E-state index is 10.5. The van der Waals surface area contributed by atoms with E-state index in [1.165, 1.54) is 12.3 Å². The highest BCUT2D eigenvalue weighted by molar-refractivity contribution is 5.87. The molecule has 76 valence electrons. The van der Waals surface area contributed by atoms with Crippen LogP contribution in [0.4, 0.5) is 0 Å². The third-order valence-corrected chi connectivity index (χ3v) is 2.01. The lowest BCUT2D eigenvalue weighted by molar-refractivity contribution is 0.0696. The van der Waals surface area contributed by atoms with Crippen molar-refractivity contribution in [2.75, 3.05) is 0 Å². The molecule has 1 rings (SSSR count). The molecule has 1 aromatic heterocycles. The van der Waals surface area contributed by atoms with Gasteiger partial charge in [0.2, 0.25) is 0 Å². The number of aromatic carboxylic acids is 1. The molecule has 4 heteroatoms. The maximum Gasteiger partial charge on any atom is 0.337 e. The van der Waals surface area contributed by atoms with E-state index in [4.69, 9.17) is 10.8 Å². The van der Waals surface area contributed by atoms with Crippen molar-refractivity contribution in [1.29, 1.82) is 0 Å². The molecular weight excluding hydrogens is 180 g/mol. The van der Waals surface area contributed by atoms with E-state index in [1.54, 1.807) is 6.07 Å². The second kappa shape index (κ2) is 4.72. The molecule has 0 aliphatic carbocycles. The molecule has 0 aliphatic heterocycles. The molecule has 14 heavy (non-hydrogen) atoms. The first-order valence-electron chi connectivity index (χ1n) is 4.60. The number of hydrogen-bond donors (Lipinski definition) is 2. The smallest absolute Gasteiger partial charge is 0.337 e. The summed E-state index contributed by atoms with van der Waals surface area (Å²) in [4.78, 5) is 14.5. The molecule has 0 bridgehead atoms. The topological polar surface area (TPSA) is 76.2 Å². The summed E-state index contributed by atoms with van der Waals surface area (Å²) in [6, 6.07) is 3.10. The van der Waals surface area contributed by atoms with Crippen LogP contribution >= 0.6 is 0 Å². The van der Waals surface area contributed by atoms with Gasteiger partial charge in [-0.15, -0.1) is 0 Å². The highest BCUT2D eigenvalue weighted by atomic mass is 16.4. The Balaban J connectivity index is 2.77. The lowest BCUT2D eigenvalue weighted by Crippen LogP contribution is -2.12. The summed E-state index contributed by atoms with van der Waals surface area (Å²) in [6.07, 6.45) is 3.19. The average molecular weight is 194 g/mol. The van der Waals surface area contributed by atoms with Gasteiger partial charge >= 0.3 is 5.97 Å². The Hall–Kier alpha value is -1.42.